The Kier molecular flexibility index (Phi) is 12.8. The number of amides is 4. The Labute approximate surface area is 216 Å². The first-order chi connectivity index (χ1) is 17.3. The van der Waals surface area contributed by atoms with Crippen LogP contribution in [-0.4, -0.2) is 52.0 Å². The smallest absolute Gasteiger partial charge is 0.394 e. The fourth-order valence-electron chi connectivity index (χ4n) is 2.34. The number of urea groups is 1. The zero-order chi connectivity index (χ0) is 28.1. The van der Waals surface area contributed by atoms with Crippen LogP contribution in [0.4, 0.5) is 18.0 Å². The van der Waals surface area contributed by atoms with Crippen molar-refractivity contribution in [1.82, 2.24) is 26.5 Å². The number of aliphatic hydroxyl groups is 1. The highest BCUT2D eigenvalue weighted by atomic mass is 32.2. The van der Waals surface area contributed by atoms with E-state index in [4.69, 9.17) is 11.5 Å². The van der Waals surface area contributed by atoms with Gasteiger partial charge in [0.05, 0.1) is 11.4 Å². The van der Waals surface area contributed by atoms with Crippen molar-refractivity contribution in [1.29, 1.82) is 0 Å². The lowest BCUT2D eigenvalue weighted by molar-refractivity contribution is -0.132. The van der Waals surface area contributed by atoms with E-state index in [9.17, 15) is 32.7 Å². The lowest BCUT2D eigenvalue weighted by Gasteiger charge is -2.10. The number of pyridine rings is 1. The third kappa shape index (κ3) is 12.4. The highest BCUT2D eigenvalue weighted by Gasteiger charge is 2.48. The van der Waals surface area contributed by atoms with Crippen molar-refractivity contribution in [3.8, 4) is 0 Å². The molecule has 0 spiro atoms. The van der Waals surface area contributed by atoms with Crippen LogP contribution in [-0.2, 0) is 11.2 Å². The number of allylic oxidation sites excluding steroid dienone is 2. The zero-order valence-corrected chi connectivity index (χ0v) is 21.3. The van der Waals surface area contributed by atoms with E-state index in [2.05, 4.69) is 26.5 Å². The molecule has 1 heterocycles. The Hall–Kier alpha value is -3.46. The molecule has 1 aliphatic carbocycles. The normalized spacial score (nSPS) is 14.5. The summed E-state index contributed by atoms with van der Waals surface area (Å²) in [6, 6.07) is 1.28. The van der Waals surface area contributed by atoms with Crippen LogP contribution in [0, 0.1) is 0 Å². The van der Waals surface area contributed by atoms with Crippen molar-refractivity contribution >= 4 is 29.6 Å². The van der Waals surface area contributed by atoms with E-state index < -0.39 is 35.3 Å². The van der Waals surface area contributed by atoms with Crippen LogP contribution in [0.3, 0.4) is 0 Å². The van der Waals surface area contributed by atoms with Gasteiger partial charge < -0.3 is 21.9 Å². The molecule has 206 valence electrons. The first-order valence-corrected chi connectivity index (χ1v) is 12.3. The van der Waals surface area contributed by atoms with Crippen molar-refractivity contribution in [2.75, 3.05) is 12.3 Å². The average molecular weight is 548 g/mol. The number of rotatable bonds is 9. The number of nitrogens with two attached hydrogens (primary N) is 2. The van der Waals surface area contributed by atoms with Crippen molar-refractivity contribution in [2.45, 2.75) is 51.3 Å². The molecule has 9 N–H and O–H groups in total. The zero-order valence-electron chi connectivity index (χ0n) is 20.4. The molecule has 1 aromatic rings. The number of nitrogens with zero attached hydrogens (tertiary/aromatic N) is 1. The van der Waals surface area contributed by atoms with Gasteiger partial charge in [-0.15, -0.1) is 11.8 Å². The number of hydrogen-bond donors (Lipinski definition) is 7. The molecule has 0 bridgehead atoms. The first-order valence-electron chi connectivity index (χ1n) is 11.2. The van der Waals surface area contributed by atoms with Gasteiger partial charge in [-0.05, 0) is 55.7 Å². The van der Waals surface area contributed by atoms with Gasteiger partial charge in [0.1, 0.15) is 11.3 Å². The third-order valence-electron chi connectivity index (χ3n) is 4.63. The monoisotopic (exact) mass is 547 g/mol. The summed E-state index contributed by atoms with van der Waals surface area (Å²) in [7, 11) is 0. The summed E-state index contributed by atoms with van der Waals surface area (Å²) in [6.07, 6.45) is 2.17. The van der Waals surface area contributed by atoms with Crippen molar-refractivity contribution in [3.05, 3.63) is 52.6 Å². The van der Waals surface area contributed by atoms with Crippen molar-refractivity contribution < 1.29 is 32.7 Å². The Morgan fingerprint density at radius 1 is 1.19 bits per heavy atom. The SMILES string of the molecule is CCNC(=O)N/C(N)=C/CCS/C=C(\N)C(F)(F)F.CCc1cncc(C(=O)NNC(=O)C2(O)CC2)c1. The van der Waals surface area contributed by atoms with Gasteiger partial charge >= 0.3 is 12.2 Å². The predicted octanol–water partition coefficient (Wildman–Crippen LogP) is 1.52. The largest absolute Gasteiger partial charge is 0.431 e. The third-order valence-corrected chi connectivity index (χ3v) is 5.53. The standard InChI is InChI=1S/C12H15N3O3.C10H17F3N4OS/c1-2-8-5-9(7-13-6-8)10(16)14-15-11(17)12(18)3-4-12;1-2-16-9(18)17-8(15)4-3-5-19-6-7(14)10(11,12)13/h5-7,18H,2-4H2,1H3,(H,14,16)(H,15,17);4,6H,2-3,5,14-15H2,1H3,(H2,16,17,18)/b;7-6-,8-4+. The van der Waals surface area contributed by atoms with E-state index in [1.807, 2.05) is 6.92 Å². The maximum absolute atomic E-state index is 12.0. The summed E-state index contributed by atoms with van der Waals surface area (Å²) in [6.45, 7) is 4.19. The minimum absolute atomic E-state index is 0.152. The molecule has 0 aliphatic heterocycles. The fourth-order valence-corrected chi connectivity index (χ4v) is 3.02. The summed E-state index contributed by atoms with van der Waals surface area (Å²) >= 11 is 0.924. The molecule has 2 rings (SSSR count). The van der Waals surface area contributed by atoms with Gasteiger partial charge in [-0.2, -0.15) is 13.2 Å². The van der Waals surface area contributed by atoms with E-state index in [1.165, 1.54) is 12.3 Å². The van der Waals surface area contributed by atoms with Gasteiger partial charge in [0.25, 0.3) is 11.8 Å². The molecular formula is C22H32F3N7O4S. The van der Waals surface area contributed by atoms with Gasteiger partial charge in [0, 0.05) is 24.7 Å². The molecular weight excluding hydrogens is 515 g/mol. The number of thioether (sulfide) groups is 1. The van der Waals surface area contributed by atoms with Crippen LogP contribution in [0.2, 0.25) is 0 Å². The van der Waals surface area contributed by atoms with Gasteiger partial charge in [-0.3, -0.25) is 30.7 Å². The number of nitrogens with one attached hydrogen (secondary N) is 4. The minimum Gasteiger partial charge on any atom is -0.394 e. The van der Waals surface area contributed by atoms with Gasteiger partial charge in [-0.1, -0.05) is 6.92 Å². The second kappa shape index (κ2) is 14.9. The van der Waals surface area contributed by atoms with Crippen LogP contribution >= 0.6 is 11.8 Å². The first kappa shape index (κ1) is 31.6. The summed E-state index contributed by atoms with van der Waals surface area (Å²) in [5, 5.41) is 15.2. The second-order valence-corrected chi connectivity index (χ2v) is 8.73. The number of hydrogen-bond acceptors (Lipinski definition) is 8. The van der Waals surface area contributed by atoms with E-state index in [1.54, 1.807) is 19.2 Å². The molecule has 1 aliphatic rings. The van der Waals surface area contributed by atoms with Crippen LogP contribution in [0.1, 0.15) is 49.0 Å². The molecule has 0 atom stereocenters. The quantitative estimate of drug-likeness (QED) is 0.179. The summed E-state index contributed by atoms with van der Waals surface area (Å²) in [5.41, 5.74) is 13.6. The van der Waals surface area contributed by atoms with Crippen molar-refractivity contribution in [3.63, 3.8) is 0 Å². The van der Waals surface area contributed by atoms with Gasteiger partial charge in [0.15, 0.2) is 0 Å². The minimum atomic E-state index is -4.50. The Balaban J connectivity index is 0.000000370. The molecule has 0 unspecified atom stereocenters. The predicted molar refractivity (Wildman–Crippen MR) is 133 cm³/mol. The molecule has 1 saturated carbocycles. The molecule has 15 heteroatoms. The Morgan fingerprint density at radius 2 is 1.86 bits per heavy atom. The molecule has 0 aromatic carbocycles. The molecule has 0 radical (unpaired) electrons. The topological polar surface area (TPSA) is 184 Å². The van der Waals surface area contributed by atoms with E-state index in [-0.39, 0.29) is 5.82 Å². The number of hydrazine groups is 1. The van der Waals surface area contributed by atoms with Gasteiger partial charge in [-0.25, -0.2) is 4.79 Å². The number of halogens is 3. The molecule has 37 heavy (non-hydrogen) atoms. The maximum atomic E-state index is 12.0. The Bertz CT molecular complexity index is 999. The number of carbonyl (C=O) groups excluding carboxylic acids is 3. The molecule has 1 fully saturated rings. The van der Waals surface area contributed by atoms with Crippen LogP contribution in [0.5, 0.6) is 0 Å². The van der Waals surface area contributed by atoms with Crippen LogP contribution in [0.25, 0.3) is 0 Å². The van der Waals surface area contributed by atoms with Gasteiger partial charge in [0.2, 0.25) is 0 Å². The number of aryl methyl sites for hydroxylation is 1. The highest BCUT2D eigenvalue weighted by Crippen LogP contribution is 2.34. The van der Waals surface area contributed by atoms with E-state index in [0.29, 0.717) is 37.1 Å². The Morgan fingerprint density at radius 3 is 2.43 bits per heavy atom. The fraction of sp³-hybridized carbons (Fsp3) is 0.455. The lowest BCUT2D eigenvalue weighted by Crippen LogP contribution is -2.47. The van der Waals surface area contributed by atoms with Crippen molar-refractivity contribution in [2.24, 2.45) is 11.5 Å². The highest BCUT2D eigenvalue weighted by molar-refractivity contribution is 8.02. The number of alkyl halides is 3. The second-order valence-electron chi connectivity index (χ2n) is 7.75. The number of carbonyl (C=O) groups is 3. The van der Waals surface area contributed by atoms with Crippen LogP contribution < -0.4 is 33.0 Å². The molecule has 1 aromatic heterocycles. The molecule has 11 nitrogen and oxygen atoms in total. The summed E-state index contributed by atoms with van der Waals surface area (Å²) in [4.78, 5) is 38.1. The number of aromatic nitrogens is 1. The van der Waals surface area contributed by atoms with E-state index in [0.717, 1.165) is 29.2 Å². The maximum Gasteiger partial charge on any atom is 0.431 e. The lowest BCUT2D eigenvalue weighted by atomic mass is 10.1. The molecule has 0 saturated heterocycles. The average Bonchev–Trinajstić information content (AvgIpc) is 3.60. The summed E-state index contributed by atoms with van der Waals surface area (Å²) < 4.78 is 36.0. The van der Waals surface area contributed by atoms with E-state index >= 15 is 0 Å². The van der Waals surface area contributed by atoms with Crippen LogP contribution in [0.15, 0.2) is 41.5 Å². The summed E-state index contributed by atoms with van der Waals surface area (Å²) in [5.74, 6) is -0.501. The molecule has 4 amide bonds.